The van der Waals surface area contributed by atoms with E-state index in [4.69, 9.17) is 9.47 Å². The van der Waals surface area contributed by atoms with E-state index in [-0.39, 0.29) is 0 Å². The first-order valence-electron chi connectivity index (χ1n) is 5.20. The summed E-state index contributed by atoms with van der Waals surface area (Å²) in [5.74, 6) is 3.98. The van der Waals surface area contributed by atoms with Crippen LogP contribution in [0.4, 0.5) is 0 Å². The van der Waals surface area contributed by atoms with Crippen molar-refractivity contribution in [2.75, 3.05) is 14.2 Å². The molecule has 1 aromatic rings. The van der Waals surface area contributed by atoms with Crippen molar-refractivity contribution in [2.24, 2.45) is 0 Å². The van der Waals surface area contributed by atoms with Gasteiger partial charge in [0.15, 0.2) is 0 Å². The van der Waals surface area contributed by atoms with Crippen molar-refractivity contribution in [3.63, 3.8) is 0 Å². The molecule has 0 heterocycles. The van der Waals surface area contributed by atoms with Gasteiger partial charge in [0, 0.05) is 0 Å². The van der Waals surface area contributed by atoms with Crippen molar-refractivity contribution in [1.29, 1.82) is 0 Å². The zero-order valence-electron chi connectivity index (χ0n) is 10.2. The minimum atomic E-state index is 0.464. The van der Waals surface area contributed by atoms with Crippen molar-refractivity contribution in [1.82, 2.24) is 4.33 Å². The van der Waals surface area contributed by atoms with Crippen molar-refractivity contribution < 1.29 is 9.47 Å². The second-order valence-electron chi connectivity index (χ2n) is 3.60. The van der Waals surface area contributed by atoms with Gasteiger partial charge < -0.3 is 0 Å². The van der Waals surface area contributed by atoms with E-state index in [9.17, 15) is 0 Å². The van der Waals surface area contributed by atoms with Gasteiger partial charge in [-0.05, 0) is 0 Å². The van der Waals surface area contributed by atoms with E-state index in [1.54, 1.807) is 14.2 Å². The van der Waals surface area contributed by atoms with Crippen LogP contribution in [0.5, 0.6) is 11.5 Å². The average Bonchev–Trinajstić information content (AvgIpc) is 2.29. The van der Waals surface area contributed by atoms with Crippen molar-refractivity contribution in [2.45, 2.75) is 25.2 Å². The Morgan fingerprint density at radius 2 is 2.06 bits per heavy atom. The molecule has 1 aromatic carbocycles. The molecule has 3 nitrogen and oxygen atoms in total. The quantitative estimate of drug-likeness (QED) is 0.811. The van der Waals surface area contributed by atoms with Gasteiger partial charge in [0.05, 0.1) is 0 Å². The molecule has 0 bridgehead atoms. The van der Waals surface area contributed by atoms with Crippen LogP contribution in [0.15, 0.2) is 18.2 Å². The standard InChI is InChI=1S/C12H19NO2Se/c1-9(13-16-4)7-10-8-11(14-2)5-6-12(10)15-3/h5-6,8-9,13H,7H2,1-4H3. The summed E-state index contributed by atoms with van der Waals surface area (Å²) < 4.78 is 14.0. The Labute approximate surface area is 104 Å². The van der Waals surface area contributed by atoms with Crippen LogP contribution in [-0.4, -0.2) is 35.4 Å². The summed E-state index contributed by atoms with van der Waals surface area (Å²) in [6, 6.07) is 6.38. The Hall–Kier alpha value is -0.701. The fourth-order valence-corrected chi connectivity index (χ4v) is 2.63. The number of benzene rings is 1. The minimum absolute atomic E-state index is 0.464. The van der Waals surface area contributed by atoms with E-state index >= 15 is 0 Å². The molecule has 0 saturated carbocycles. The maximum absolute atomic E-state index is 5.35. The Morgan fingerprint density at radius 1 is 1.31 bits per heavy atom. The van der Waals surface area contributed by atoms with E-state index in [0.29, 0.717) is 21.2 Å². The molecular weight excluding hydrogens is 269 g/mol. The third-order valence-electron chi connectivity index (χ3n) is 2.33. The molecule has 0 aliphatic rings. The molecular formula is C12H19NO2Se. The van der Waals surface area contributed by atoms with E-state index in [1.165, 1.54) is 5.56 Å². The van der Waals surface area contributed by atoms with Gasteiger partial charge >= 0.3 is 104 Å². The van der Waals surface area contributed by atoms with Crippen LogP contribution in [0.3, 0.4) is 0 Å². The Morgan fingerprint density at radius 3 is 2.62 bits per heavy atom. The second kappa shape index (κ2) is 6.79. The third-order valence-corrected chi connectivity index (χ3v) is 3.67. The number of methoxy groups -OCH3 is 2. The summed E-state index contributed by atoms with van der Waals surface area (Å²) in [5, 5.41) is 0. The summed E-state index contributed by atoms with van der Waals surface area (Å²) in [4.78, 5) is 0. The molecule has 0 fully saturated rings. The van der Waals surface area contributed by atoms with Crippen LogP contribution in [0, 0.1) is 0 Å². The molecule has 0 radical (unpaired) electrons. The number of nitrogens with one attached hydrogen (secondary N) is 1. The monoisotopic (exact) mass is 289 g/mol. The van der Waals surface area contributed by atoms with Crippen LogP contribution in [0.1, 0.15) is 12.5 Å². The molecule has 16 heavy (non-hydrogen) atoms. The predicted molar refractivity (Wildman–Crippen MR) is 67.5 cm³/mol. The van der Waals surface area contributed by atoms with E-state index in [2.05, 4.69) is 17.1 Å². The van der Waals surface area contributed by atoms with Crippen LogP contribution in [-0.2, 0) is 6.42 Å². The molecule has 1 unspecified atom stereocenters. The fraction of sp³-hybridized carbons (Fsp3) is 0.500. The van der Waals surface area contributed by atoms with Gasteiger partial charge in [-0.3, -0.25) is 0 Å². The molecule has 1 rings (SSSR count). The topological polar surface area (TPSA) is 30.5 Å². The van der Waals surface area contributed by atoms with E-state index in [0.717, 1.165) is 17.9 Å². The molecule has 0 amide bonds. The molecule has 4 heteroatoms. The fourth-order valence-electron chi connectivity index (χ4n) is 1.61. The van der Waals surface area contributed by atoms with Gasteiger partial charge in [-0.15, -0.1) is 0 Å². The van der Waals surface area contributed by atoms with Crippen molar-refractivity contribution in [3.8, 4) is 11.5 Å². The van der Waals surface area contributed by atoms with Crippen LogP contribution in [0.25, 0.3) is 0 Å². The molecule has 0 aliphatic heterocycles. The number of ether oxygens (including phenoxy) is 2. The molecule has 0 aromatic heterocycles. The molecule has 1 atom stereocenters. The van der Waals surface area contributed by atoms with E-state index < -0.39 is 0 Å². The summed E-state index contributed by atoms with van der Waals surface area (Å²) in [5.41, 5.74) is 1.19. The average molecular weight is 288 g/mol. The Balaban J connectivity index is 2.82. The molecule has 90 valence electrons. The summed E-state index contributed by atoms with van der Waals surface area (Å²) in [7, 11) is 3.38. The van der Waals surface area contributed by atoms with Gasteiger partial charge in [0.1, 0.15) is 0 Å². The summed E-state index contributed by atoms with van der Waals surface area (Å²) in [6.07, 6.45) is 0.954. The van der Waals surface area contributed by atoms with E-state index in [1.807, 2.05) is 18.2 Å². The van der Waals surface area contributed by atoms with Gasteiger partial charge in [0.25, 0.3) is 0 Å². The van der Waals surface area contributed by atoms with Crippen molar-refractivity contribution in [3.05, 3.63) is 23.8 Å². The van der Waals surface area contributed by atoms with Gasteiger partial charge in [-0.25, -0.2) is 0 Å². The first-order chi connectivity index (χ1) is 7.71. The molecule has 1 N–H and O–H groups in total. The molecule has 0 saturated heterocycles. The number of hydrogen-bond donors (Lipinski definition) is 1. The summed E-state index contributed by atoms with van der Waals surface area (Å²) >= 11 is 0.492. The normalized spacial score (nSPS) is 12.2. The summed E-state index contributed by atoms with van der Waals surface area (Å²) in [6.45, 7) is 2.18. The molecule has 0 aliphatic carbocycles. The number of rotatable bonds is 6. The Kier molecular flexibility index (Phi) is 5.67. The SMILES string of the molecule is COc1ccc(OC)c(CC(C)N[Se]C)c1. The maximum atomic E-state index is 5.35. The number of hydrogen-bond acceptors (Lipinski definition) is 3. The van der Waals surface area contributed by atoms with Gasteiger partial charge in [0.2, 0.25) is 0 Å². The second-order valence-corrected chi connectivity index (χ2v) is 4.96. The van der Waals surface area contributed by atoms with Gasteiger partial charge in [-0.1, -0.05) is 0 Å². The van der Waals surface area contributed by atoms with Crippen LogP contribution < -0.4 is 13.8 Å². The first kappa shape index (κ1) is 13.4. The molecule has 0 spiro atoms. The predicted octanol–water partition coefficient (Wildman–Crippen LogP) is 1.89. The van der Waals surface area contributed by atoms with Crippen molar-refractivity contribution >= 4 is 15.2 Å². The Bertz CT molecular complexity index is 331. The van der Waals surface area contributed by atoms with Gasteiger partial charge in [-0.2, -0.15) is 0 Å². The van der Waals surface area contributed by atoms with Crippen LogP contribution >= 0.6 is 0 Å². The van der Waals surface area contributed by atoms with Crippen LogP contribution in [0.2, 0.25) is 5.82 Å². The first-order valence-corrected chi connectivity index (χ1v) is 7.77. The third kappa shape index (κ3) is 3.71. The zero-order valence-corrected chi connectivity index (χ0v) is 12.0. The zero-order chi connectivity index (χ0) is 12.0.